The Hall–Kier alpha value is -0.840. The fourth-order valence-electron chi connectivity index (χ4n) is 2.22. The van der Waals surface area contributed by atoms with Crippen molar-refractivity contribution >= 4 is 18.2 Å². The van der Waals surface area contributed by atoms with Gasteiger partial charge in [0.1, 0.15) is 5.82 Å². The predicted molar refractivity (Wildman–Crippen MR) is 78.4 cm³/mol. The van der Waals surface area contributed by atoms with Crippen molar-refractivity contribution in [1.29, 1.82) is 0 Å². The molecule has 0 atom stereocenters. The van der Waals surface area contributed by atoms with Gasteiger partial charge in [0.05, 0.1) is 0 Å². The molecule has 1 fully saturated rings. The van der Waals surface area contributed by atoms with Crippen molar-refractivity contribution in [1.82, 2.24) is 9.88 Å². The Kier molecular flexibility index (Phi) is 7.01. The number of halogens is 1. The van der Waals surface area contributed by atoms with E-state index in [0.717, 1.165) is 45.0 Å². The van der Waals surface area contributed by atoms with Crippen molar-refractivity contribution in [3.8, 4) is 0 Å². The summed E-state index contributed by atoms with van der Waals surface area (Å²) in [4.78, 5) is 9.28. The van der Waals surface area contributed by atoms with Gasteiger partial charge in [-0.2, -0.15) is 0 Å². The van der Waals surface area contributed by atoms with Gasteiger partial charge < -0.3 is 10.6 Å². The maximum Gasteiger partial charge on any atom is 0.128 e. The molecule has 0 unspecified atom stereocenters. The van der Waals surface area contributed by atoms with Crippen LogP contribution in [-0.2, 0) is 0 Å². The van der Waals surface area contributed by atoms with Gasteiger partial charge in [0.15, 0.2) is 0 Å². The highest BCUT2D eigenvalue weighted by Gasteiger charge is 2.16. The van der Waals surface area contributed by atoms with Gasteiger partial charge in [-0.3, -0.25) is 4.90 Å². The summed E-state index contributed by atoms with van der Waals surface area (Å²) >= 11 is 0. The zero-order valence-corrected chi connectivity index (χ0v) is 11.6. The molecule has 1 aliphatic rings. The lowest BCUT2D eigenvalue weighted by atomic mass is 10.2. The van der Waals surface area contributed by atoms with Crippen LogP contribution in [0.4, 0.5) is 5.82 Å². The smallest absolute Gasteiger partial charge is 0.128 e. The normalized spacial score (nSPS) is 16.4. The summed E-state index contributed by atoms with van der Waals surface area (Å²) in [5.41, 5.74) is 5.51. The maximum atomic E-state index is 5.51. The average Bonchev–Trinajstić information content (AvgIpc) is 2.41. The van der Waals surface area contributed by atoms with Gasteiger partial charge in [0, 0.05) is 32.4 Å². The summed E-state index contributed by atoms with van der Waals surface area (Å²) in [6.07, 6.45) is 4.23. The molecule has 1 aromatic heterocycles. The Morgan fingerprint density at radius 2 is 1.89 bits per heavy atom. The van der Waals surface area contributed by atoms with Gasteiger partial charge in [-0.15, -0.1) is 12.4 Å². The zero-order valence-electron chi connectivity index (χ0n) is 10.8. The summed E-state index contributed by atoms with van der Waals surface area (Å²) < 4.78 is 0. The third-order valence-electron chi connectivity index (χ3n) is 3.27. The van der Waals surface area contributed by atoms with Crippen molar-refractivity contribution in [3.05, 3.63) is 24.4 Å². The molecule has 5 heteroatoms. The first-order chi connectivity index (χ1) is 8.40. The van der Waals surface area contributed by atoms with Crippen LogP contribution in [0.3, 0.4) is 0 Å². The Labute approximate surface area is 116 Å². The largest absolute Gasteiger partial charge is 0.354 e. The number of hydrogen-bond donors (Lipinski definition) is 1. The fraction of sp³-hybridized carbons (Fsp3) is 0.615. The minimum Gasteiger partial charge on any atom is -0.354 e. The SMILES string of the molecule is Cl.NCCCCN1CCN(c2ccccn2)CC1. The third kappa shape index (κ3) is 4.44. The lowest BCUT2D eigenvalue weighted by molar-refractivity contribution is 0.253. The van der Waals surface area contributed by atoms with Crippen LogP contribution in [0.2, 0.25) is 0 Å². The van der Waals surface area contributed by atoms with Crippen LogP contribution in [-0.4, -0.2) is 49.2 Å². The van der Waals surface area contributed by atoms with Crippen molar-refractivity contribution in [2.45, 2.75) is 12.8 Å². The summed E-state index contributed by atoms with van der Waals surface area (Å²) in [5.74, 6) is 1.11. The molecule has 2 heterocycles. The second-order valence-corrected chi connectivity index (χ2v) is 4.51. The van der Waals surface area contributed by atoms with Crippen molar-refractivity contribution in [2.75, 3.05) is 44.2 Å². The minimum absolute atomic E-state index is 0. The van der Waals surface area contributed by atoms with Crippen molar-refractivity contribution in [2.24, 2.45) is 5.73 Å². The van der Waals surface area contributed by atoms with Gasteiger partial charge in [-0.1, -0.05) is 6.07 Å². The molecule has 2 rings (SSSR count). The summed E-state index contributed by atoms with van der Waals surface area (Å²) in [6.45, 7) is 6.45. The number of aromatic nitrogens is 1. The Bertz CT molecular complexity index is 312. The molecule has 2 N–H and O–H groups in total. The number of pyridine rings is 1. The van der Waals surface area contributed by atoms with E-state index in [1.54, 1.807) is 0 Å². The summed E-state index contributed by atoms with van der Waals surface area (Å²) in [5, 5.41) is 0. The highest BCUT2D eigenvalue weighted by atomic mass is 35.5. The van der Waals surface area contributed by atoms with E-state index >= 15 is 0 Å². The monoisotopic (exact) mass is 270 g/mol. The lowest BCUT2D eigenvalue weighted by Gasteiger charge is -2.35. The molecule has 0 radical (unpaired) electrons. The number of unbranched alkanes of at least 4 members (excludes halogenated alkanes) is 1. The first-order valence-electron chi connectivity index (χ1n) is 6.48. The zero-order chi connectivity index (χ0) is 11.9. The molecular weight excluding hydrogens is 248 g/mol. The van der Waals surface area contributed by atoms with Gasteiger partial charge in [0.25, 0.3) is 0 Å². The average molecular weight is 271 g/mol. The van der Waals surface area contributed by atoms with Crippen LogP contribution >= 0.6 is 12.4 Å². The molecule has 0 saturated carbocycles. The number of hydrogen-bond acceptors (Lipinski definition) is 4. The molecule has 0 bridgehead atoms. The molecule has 4 nitrogen and oxygen atoms in total. The van der Waals surface area contributed by atoms with E-state index < -0.39 is 0 Å². The number of nitrogens with zero attached hydrogens (tertiary/aromatic N) is 3. The Morgan fingerprint density at radius 3 is 2.50 bits per heavy atom. The van der Waals surface area contributed by atoms with E-state index in [-0.39, 0.29) is 12.4 Å². The molecule has 18 heavy (non-hydrogen) atoms. The van der Waals surface area contributed by atoms with Crippen LogP contribution in [0.25, 0.3) is 0 Å². The summed E-state index contributed by atoms with van der Waals surface area (Å²) in [7, 11) is 0. The molecule has 0 spiro atoms. The van der Waals surface area contributed by atoms with Gasteiger partial charge in [-0.25, -0.2) is 4.98 Å². The number of rotatable bonds is 5. The highest BCUT2D eigenvalue weighted by Crippen LogP contribution is 2.12. The molecule has 1 saturated heterocycles. The number of anilines is 1. The quantitative estimate of drug-likeness (QED) is 0.821. The Balaban J connectivity index is 0.00000162. The van der Waals surface area contributed by atoms with Gasteiger partial charge in [0.2, 0.25) is 0 Å². The molecule has 1 aliphatic heterocycles. The molecule has 0 aromatic carbocycles. The van der Waals surface area contributed by atoms with Gasteiger partial charge in [-0.05, 0) is 38.1 Å². The van der Waals surface area contributed by atoms with E-state index in [4.69, 9.17) is 5.73 Å². The van der Waals surface area contributed by atoms with Crippen molar-refractivity contribution in [3.63, 3.8) is 0 Å². The second kappa shape index (κ2) is 8.29. The molecule has 102 valence electrons. The first kappa shape index (κ1) is 15.2. The van der Waals surface area contributed by atoms with Crippen LogP contribution in [0.15, 0.2) is 24.4 Å². The topological polar surface area (TPSA) is 45.4 Å². The second-order valence-electron chi connectivity index (χ2n) is 4.51. The number of piperazine rings is 1. The molecule has 0 amide bonds. The van der Waals surface area contributed by atoms with Crippen molar-refractivity contribution < 1.29 is 0 Å². The highest BCUT2D eigenvalue weighted by molar-refractivity contribution is 5.85. The summed E-state index contributed by atoms with van der Waals surface area (Å²) in [6, 6.07) is 6.10. The maximum absolute atomic E-state index is 5.51. The van der Waals surface area contributed by atoms with Crippen LogP contribution in [0, 0.1) is 0 Å². The van der Waals surface area contributed by atoms with Crippen LogP contribution < -0.4 is 10.6 Å². The van der Waals surface area contributed by atoms with E-state index in [1.165, 1.54) is 13.0 Å². The lowest BCUT2D eigenvalue weighted by Crippen LogP contribution is -2.46. The standard InChI is InChI=1S/C13H22N4.ClH/c14-6-2-4-8-16-9-11-17(12-10-16)13-5-1-3-7-15-13;/h1,3,5,7H,2,4,6,8-12,14H2;1H. The van der Waals surface area contributed by atoms with E-state index in [0.29, 0.717) is 0 Å². The van der Waals surface area contributed by atoms with Gasteiger partial charge >= 0.3 is 0 Å². The molecular formula is C13H23ClN4. The predicted octanol–water partition coefficient (Wildman–Crippen LogP) is 1.36. The van der Waals surface area contributed by atoms with E-state index in [2.05, 4.69) is 26.9 Å². The minimum atomic E-state index is 0. The molecule has 1 aromatic rings. The fourth-order valence-corrected chi connectivity index (χ4v) is 2.22. The van der Waals surface area contributed by atoms with E-state index in [1.807, 2.05) is 12.3 Å². The van der Waals surface area contributed by atoms with Crippen LogP contribution in [0.1, 0.15) is 12.8 Å². The van der Waals surface area contributed by atoms with Crippen LogP contribution in [0.5, 0.6) is 0 Å². The number of nitrogens with two attached hydrogens (primary N) is 1. The third-order valence-corrected chi connectivity index (χ3v) is 3.27. The molecule has 0 aliphatic carbocycles. The first-order valence-corrected chi connectivity index (χ1v) is 6.48. The Morgan fingerprint density at radius 1 is 1.11 bits per heavy atom. The van der Waals surface area contributed by atoms with E-state index in [9.17, 15) is 0 Å².